The van der Waals surface area contributed by atoms with Crippen molar-refractivity contribution in [2.75, 3.05) is 13.1 Å². The lowest BCUT2D eigenvalue weighted by Crippen LogP contribution is -2.49. The molecule has 3 N–H and O–H groups in total. The zero-order valence-corrected chi connectivity index (χ0v) is 7.76. The minimum Gasteiger partial charge on any atom is -0.323 e. The van der Waals surface area contributed by atoms with E-state index in [9.17, 15) is 4.79 Å². The van der Waals surface area contributed by atoms with E-state index >= 15 is 0 Å². The molecule has 0 aromatic heterocycles. The monoisotopic (exact) mass is 171 g/mol. The molecule has 0 aromatic carbocycles. The Kier molecular flexibility index (Phi) is 2.57. The lowest BCUT2D eigenvalue weighted by atomic mass is 9.84. The molecule has 0 atom stereocenters. The van der Waals surface area contributed by atoms with E-state index in [1.165, 1.54) is 6.42 Å². The SMILES string of the molecule is CC1(C)CCCN(C(=O)NN)C1. The van der Waals surface area contributed by atoms with Crippen LogP contribution in [0.2, 0.25) is 0 Å². The van der Waals surface area contributed by atoms with E-state index in [-0.39, 0.29) is 11.4 Å². The second-order valence-corrected chi connectivity index (χ2v) is 4.14. The maximum absolute atomic E-state index is 11.1. The van der Waals surface area contributed by atoms with Gasteiger partial charge in [-0.05, 0) is 18.3 Å². The van der Waals surface area contributed by atoms with Crippen LogP contribution in [0.1, 0.15) is 26.7 Å². The molecule has 0 aromatic rings. The molecule has 0 aliphatic carbocycles. The largest absolute Gasteiger partial charge is 0.331 e. The normalized spacial score (nSPS) is 22.1. The van der Waals surface area contributed by atoms with Crippen molar-refractivity contribution in [2.24, 2.45) is 11.3 Å². The fourth-order valence-electron chi connectivity index (χ4n) is 1.69. The number of piperidine rings is 1. The molecule has 12 heavy (non-hydrogen) atoms. The molecule has 0 radical (unpaired) electrons. The van der Waals surface area contributed by atoms with E-state index in [2.05, 4.69) is 19.3 Å². The summed E-state index contributed by atoms with van der Waals surface area (Å²) in [6.07, 6.45) is 2.25. The van der Waals surface area contributed by atoms with Crippen LogP contribution in [0, 0.1) is 5.41 Å². The van der Waals surface area contributed by atoms with Crippen molar-refractivity contribution >= 4 is 6.03 Å². The van der Waals surface area contributed by atoms with Crippen LogP contribution in [-0.2, 0) is 0 Å². The predicted molar refractivity (Wildman–Crippen MR) is 47.3 cm³/mol. The van der Waals surface area contributed by atoms with Gasteiger partial charge < -0.3 is 4.90 Å². The van der Waals surface area contributed by atoms with Gasteiger partial charge in [-0.25, -0.2) is 10.6 Å². The van der Waals surface area contributed by atoms with Crippen LogP contribution < -0.4 is 11.3 Å². The van der Waals surface area contributed by atoms with Crippen LogP contribution in [0.15, 0.2) is 0 Å². The van der Waals surface area contributed by atoms with Crippen molar-refractivity contribution in [1.82, 2.24) is 10.3 Å². The number of nitrogens with one attached hydrogen (secondary N) is 1. The number of carbonyl (C=O) groups excluding carboxylic acids is 1. The summed E-state index contributed by atoms with van der Waals surface area (Å²) in [7, 11) is 0. The third-order valence-electron chi connectivity index (χ3n) is 2.31. The molecule has 4 heteroatoms. The summed E-state index contributed by atoms with van der Waals surface area (Å²) < 4.78 is 0. The van der Waals surface area contributed by atoms with Gasteiger partial charge in [0, 0.05) is 13.1 Å². The molecule has 2 amide bonds. The summed E-state index contributed by atoms with van der Waals surface area (Å²) in [4.78, 5) is 12.9. The molecule has 1 aliphatic heterocycles. The van der Waals surface area contributed by atoms with Gasteiger partial charge in [-0.1, -0.05) is 13.8 Å². The lowest BCUT2D eigenvalue weighted by molar-refractivity contribution is 0.129. The second kappa shape index (κ2) is 3.31. The molecule has 1 heterocycles. The number of likely N-dealkylation sites (tertiary alicyclic amines) is 1. The van der Waals surface area contributed by atoms with Gasteiger partial charge in [0.05, 0.1) is 0 Å². The number of amides is 2. The van der Waals surface area contributed by atoms with Crippen molar-refractivity contribution in [3.63, 3.8) is 0 Å². The number of hydrazine groups is 1. The smallest absolute Gasteiger partial charge is 0.323 e. The Hall–Kier alpha value is -0.770. The Morgan fingerprint density at radius 1 is 1.58 bits per heavy atom. The first-order valence-electron chi connectivity index (χ1n) is 4.31. The molecule has 1 saturated heterocycles. The molecule has 1 rings (SSSR count). The van der Waals surface area contributed by atoms with Gasteiger partial charge in [0.1, 0.15) is 0 Å². The number of carbonyl (C=O) groups is 1. The van der Waals surface area contributed by atoms with Gasteiger partial charge >= 0.3 is 6.03 Å². The summed E-state index contributed by atoms with van der Waals surface area (Å²) in [6, 6.07) is -0.164. The molecule has 1 aliphatic rings. The highest BCUT2D eigenvalue weighted by atomic mass is 16.2. The van der Waals surface area contributed by atoms with Crippen molar-refractivity contribution in [3.05, 3.63) is 0 Å². The topological polar surface area (TPSA) is 58.4 Å². The maximum Gasteiger partial charge on any atom is 0.331 e. The summed E-state index contributed by atoms with van der Waals surface area (Å²) in [5, 5.41) is 0. The molecule has 0 bridgehead atoms. The van der Waals surface area contributed by atoms with Gasteiger partial charge in [0.2, 0.25) is 0 Å². The first kappa shape index (κ1) is 9.32. The number of urea groups is 1. The molecule has 0 spiro atoms. The average molecular weight is 171 g/mol. The first-order valence-corrected chi connectivity index (χ1v) is 4.31. The number of nitrogens with zero attached hydrogens (tertiary/aromatic N) is 1. The average Bonchev–Trinajstić information content (AvgIpc) is 2.01. The number of hydrogen-bond acceptors (Lipinski definition) is 2. The zero-order valence-electron chi connectivity index (χ0n) is 7.76. The Balaban J connectivity index is 2.52. The van der Waals surface area contributed by atoms with E-state index < -0.39 is 0 Å². The van der Waals surface area contributed by atoms with Gasteiger partial charge in [-0.15, -0.1) is 0 Å². The van der Waals surface area contributed by atoms with Crippen LogP contribution in [0.3, 0.4) is 0 Å². The van der Waals surface area contributed by atoms with Crippen molar-refractivity contribution in [1.29, 1.82) is 0 Å². The van der Waals surface area contributed by atoms with Crippen molar-refractivity contribution in [3.8, 4) is 0 Å². The van der Waals surface area contributed by atoms with Crippen molar-refractivity contribution < 1.29 is 4.79 Å². The van der Waals surface area contributed by atoms with Crippen LogP contribution in [0.5, 0.6) is 0 Å². The fraction of sp³-hybridized carbons (Fsp3) is 0.875. The first-order chi connectivity index (χ1) is 5.55. The number of rotatable bonds is 0. The molecule has 0 saturated carbocycles. The number of nitrogens with two attached hydrogens (primary N) is 1. The van der Waals surface area contributed by atoms with E-state index in [0.29, 0.717) is 0 Å². The Morgan fingerprint density at radius 3 is 2.75 bits per heavy atom. The molecule has 1 fully saturated rings. The highest BCUT2D eigenvalue weighted by Crippen LogP contribution is 2.27. The summed E-state index contributed by atoms with van der Waals surface area (Å²) in [5.74, 6) is 5.05. The van der Waals surface area contributed by atoms with E-state index in [1.54, 1.807) is 4.90 Å². The second-order valence-electron chi connectivity index (χ2n) is 4.14. The molecule has 0 unspecified atom stereocenters. The standard InChI is InChI=1S/C8H17N3O/c1-8(2)4-3-5-11(6-8)7(12)10-9/h3-6,9H2,1-2H3,(H,10,12). The maximum atomic E-state index is 11.1. The van der Waals surface area contributed by atoms with Crippen molar-refractivity contribution in [2.45, 2.75) is 26.7 Å². The predicted octanol–water partition coefficient (Wildman–Crippen LogP) is 0.692. The Bertz CT molecular complexity index is 179. The van der Waals surface area contributed by atoms with E-state index in [0.717, 1.165) is 19.5 Å². The Morgan fingerprint density at radius 2 is 2.25 bits per heavy atom. The van der Waals surface area contributed by atoms with Gasteiger partial charge in [0.15, 0.2) is 0 Å². The quantitative estimate of drug-likeness (QED) is 0.320. The Labute approximate surface area is 73.1 Å². The molecule has 70 valence electrons. The molecular formula is C8H17N3O. The van der Waals surface area contributed by atoms with Crippen LogP contribution in [-0.4, -0.2) is 24.0 Å². The van der Waals surface area contributed by atoms with Crippen LogP contribution in [0.4, 0.5) is 4.79 Å². The van der Waals surface area contributed by atoms with Gasteiger partial charge in [-0.3, -0.25) is 5.43 Å². The number of hydrogen-bond donors (Lipinski definition) is 2. The highest BCUT2D eigenvalue weighted by molar-refractivity contribution is 5.73. The van der Waals surface area contributed by atoms with E-state index in [4.69, 9.17) is 5.84 Å². The van der Waals surface area contributed by atoms with E-state index in [1.807, 2.05) is 0 Å². The minimum atomic E-state index is -0.164. The highest BCUT2D eigenvalue weighted by Gasteiger charge is 2.28. The third kappa shape index (κ3) is 2.11. The zero-order chi connectivity index (χ0) is 9.19. The van der Waals surface area contributed by atoms with Gasteiger partial charge in [0.25, 0.3) is 0 Å². The fourth-order valence-corrected chi connectivity index (χ4v) is 1.69. The van der Waals surface area contributed by atoms with Gasteiger partial charge in [-0.2, -0.15) is 0 Å². The summed E-state index contributed by atoms with van der Waals surface area (Å²) in [6.45, 7) is 5.97. The lowest BCUT2D eigenvalue weighted by Gasteiger charge is -2.37. The molecular weight excluding hydrogens is 154 g/mol. The van der Waals surface area contributed by atoms with Crippen LogP contribution >= 0.6 is 0 Å². The summed E-state index contributed by atoms with van der Waals surface area (Å²) in [5.41, 5.74) is 2.40. The molecule has 4 nitrogen and oxygen atoms in total. The van der Waals surface area contributed by atoms with Crippen LogP contribution in [0.25, 0.3) is 0 Å². The minimum absolute atomic E-state index is 0.164. The summed E-state index contributed by atoms with van der Waals surface area (Å²) >= 11 is 0. The third-order valence-corrected chi connectivity index (χ3v) is 2.31.